The number of phenols is 1. The number of hydrogen-bond donors (Lipinski definition) is 3. The summed E-state index contributed by atoms with van der Waals surface area (Å²) in [5.74, 6) is -0.756. The molecule has 1 heterocycles. The summed E-state index contributed by atoms with van der Waals surface area (Å²) in [7, 11) is 1.46. The number of phenolic OH excluding ortho intramolecular Hbond substituents is 1. The molecule has 0 saturated heterocycles. The van der Waals surface area contributed by atoms with Crippen molar-refractivity contribution in [1.82, 2.24) is 10.6 Å². The lowest BCUT2D eigenvalue weighted by atomic mass is 10.0. The molecule has 0 fully saturated rings. The van der Waals surface area contributed by atoms with Crippen LogP contribution in [0.1, 0.15) is 61.4 Å². The van der Waals surface area contributed by atoms with Crippen LogP contribution in [0.3, 0.4) is 0 Å². The molecular formula is C22H30N2O6. The van der Waals surface area contributed by atoms with Crippen molar-refractivity contribution < 1.29 is 29.0 Å². The average molecular weight is 418 g/mol. The predicted molar refractivity (Wildman–Crippen MR) is 112 cm³/mol. The molecule has 0 spiro atoms. The van der Waals surface area contributed by atoms with Gasteiger partial charge < -0.3 is 25.2 Å². The third kappa shape index (κ3) is 7.42. The lowest BCUT2D eigenvalue weighted by Gasteiger charge is -2.16. The number of rotatable bonds is 1. The first-order chi connectivity index (χ1) is 14.4. The van der Waals surface area contributed by atoms with Crippen molar-refractivity contribution in [2.75, 3.05) is 20.2 Å². The number of esters is 1. The standard InChI is InChI=1S/C22H30N2O6/c1-15-7-5-9-19(26)23-11-3-4-12-24-20(27)10-6-8-16-13-17(29-2)14-18(25)21(16)22(28)30-15/h6,8,13-15,25H,3-5,7,9-12H2,1-2H3,(H,23,26)(H,24,27)/b8-6+/t15-/m0/s1. The number of methoxy groups -OCH3 is 1. The van der Waals surface area contributed by atoms with Gasteiger partial charge in [0.05, 0.1) is 13.2 Å². The molecule has 1 aliphatic heterocycles. The number of aromatic hydroxyl groups is 1. The molecule has 0 saturated carbocycles. The molecule has 0 aromatic heterocycles. The number of fused-ring (bicyclic) bond motifs is 1. The van der Waals surface area contributed by atoms with Crippen LogP contribution in [0.25, 0.3) is 6.08 Å². The fourth-order valence-corrected chi connectivity index (χ4v) is 3.10. The average Bonchev–Trinajstić information content (AvgIpc) is 2.69. The van der Waals surface area contributed by atoms with E-state index in [4.69, 9.17) is 9.47 Å². The lowest BCUT2D eigenvalue weighted by Crippen LogP contribution is -2.27. The highest BCUT2D eigenvalue weighted by Crippen LogP contribution is 2.30. The van der Waals surface area contributed by atoms with E-state index >= 15 is 0 Å². The van der Waals surface area contributed by atoms with E-state index < -0.39 is 12.1 Å². The van der Waals surface area contributed by atoms with E-state index in [1.165, 1.54) is 13.2 Å². The predicted octanol–water partition coefficient (Wildman–Crippen LogP) is 2.55. The number of ether oxygens (including phenoxy) is 2. The Kier molecular flexibility index (Phi) is 9.18. The SMILES string of the molecule is COc1cc(O)c2c(c1)/C=C/CC(=O)NCCCCNC(=O)CCC[C@H](C)OC2=O. The van der Waals surface area contributed by atoms with E-state index in [0.29, 0.717) is 43.7 Å². The van der Waals surface area contributed by atoms with Crippen molar-refractivity contribution in [2.45, 2.75) is 51.6 Å². The van der Waals surface area contributed by atoms with Gasteiger partial charge in [-0.3, -0.25) is 9.59 Å². The molecule has 2 amide bonds. The van der Waals surface area contributed by atoms with E-state index in [1.54, 1.807) is 25.1 Å². The first kappa shape index (κ1) is 23.3. The van der Waals surface area contributed by atoms with Gasteiger partial charge in [0.15, 0.2) is 0 Å². The van der Waals surface area contributed by atoms with Gasteiger partial charge in [0.2, 0.25) is 11.8 Å². The van der Waals surface area contributed by atoms with Gasteiger partial charge in [-0.25, -0.2) is 4.79 Å². The molecule has 0 radical (unpaired) electrons. The molecule has 1 aliphatic rings. The summed E-state index contributed by atoms with van der Waals surface area (Å²) in [5, 5.41) is 16.0. The Morgan fingerprint density at radius 1 is 1.07 bits per heavy atom. The number of carbonyl (C=O) groups is 3. The van der Waals surface area contributed by atoms with Gasteiger partial charge >= 0.3 is 5.97 Å². The molecule has 30 heavy (non-hydrogen) atoms. The highest BCUT2D eigenvalue weighted by Gasteiger charge is 2.21. The van der Waals surface area contributed by atoms with Crippen molar-refractivity contribution in [1.29, 1.82) is 0 Å². The van der Waals surface area contributed by atoms with Gasteiger partial charge in [0.25, 0.3) is 0 Å². The number of nitrogens with one attached hydrogen (secondary N) is 2. The molecule has 0 bridgehead atoms. The van der Waals surface area contributed by atoms with Crippen LogP contribution in [-0.4, -0.2) is 49.2 Å². The molecule has 1 aromatic rings. The summed E-state index contributed by atoms with van der Waals surface area (Å²) in [4.78, 5) is 36.5. The number of hydrogen-bond acceptors (Lipinski definition) is 6. The van der Waals surface area contributed by atoms with E-state index in [2.05, 4.69) is 10.6 Å². The number of carbonyl (C=O) groups excluding carboxylic acids is 3. The van der Waals surface area contributed by atoms with E-state index in [0.717, 1.165) is 12.8 Å². The van der Waals surface area contributed by atoms with Crippen molar-refractivity contribution in [2.24, 2.45) is 0 Å². The maximum atomic E-state index is 12.7. The minimum absolute atomic E-state index is 0.00923. The Hall–Kier alpha value is -3.03. The topological polar surface area (TPSA) is 114 Å². The second kappa shape index (κ2) is 11.8. The zero-order chi connectivity index (χ0) is 21.9. The van der Waals surface area contributed by atoms with Crippen LogP contribution in [0, 0.1) is 0 Å². The Labute approximate surface area is 176 Å². The number of amides is 2. The van der Waals surface area contributed by atoms with Crippen molar-refractivity contribution >= 4 is 23.9 Å². The maximum Gasteiger partial charge on any atom is 0.342 e. The summed E-state index contributed by atoms with van der Waals surface area (Å²) in [6, 6.07) is 2.94. The van der Waals surface area contributed by atoms with Gasteiger partial charge in [-0.2, -0.15) is 0 Å². The molecule has 8 heteroatoms. The summed E-state index contributed by atoms with van der Waals surface area (Å²) in [6.07, 6.45) is 5.93. The van der Waals surface area contributed by atoms with Gasteiger partial charge in [0, 0.05) is 32.0 Å². The van der Waals surface area contributed by atoms with Gasteiger partial charge in [-0.05, 0) is 44.2 Å². The van der Waals surface area contributed by atoms with E-state index in [-0.39, 0.29) is 29.5 Å². The van der Waals surface area contributed by atoms with Crippen LogP contribution in [0.5, 0.6) is 11.5 Å². The summed E-state index contributed by atoms with van der Waals surface area (Å²) >= 11 is 0. The van der Waals surface area contributed by atoms with Crippen molar-refractivity contribution in [3.8, 4) is 11.5 Å². The molecule has 1 aromatic carbocycles. The molecule has 3 N–H and O–H groups in total. The first-order valence-corrected chi connectivity index (χ1v) is 10.2. The Balaban J connectivity index is 2.22. The fraction of sp³-hybridized carbons (Fsp3) is 0.500. The molecule has 0 aliphatic carbocycles. The van der Waals surface area contributed by atoms with Crippen LogP contribution in [-0.2, 0) is 14.3 Å². The second-order valence-corrected chi connectivity index (χ2v) is 7.23. The Morgan fingerprint density at radius 3 is 2.47 bits per heavy atom. The van der Waals surface area contributed by atoms with Gasteiger partial charge in [-0.1, -0.05) is 12.2 Å². The number of cyclic esters (lactones) is 1. The lowest BCUT2D eigenvalue weighted by molar-refractivity contribution is -0.121. The van der Waals surface area contributed by atoms with Gasteiger partial charge in [0.1, 0.15) is 17.1 Å². The third-order valence-corrected chi connectivity index (χ3v) is 4.73. The highest BCUT2D eigenvalue weighted by atomic mass is 16.5. The van der Waals surface area contributed by atoms with Crippen LogP contribution in [0.15, 0.2) is 18.2 Å². The zero-order valence-corrected chi connectivity index (χ0v) is 17.5. The minimum atomic E-state index is -0.672. The zero-order valence-electron chi connectivity index (χ0n) is 17.5. The molecule has 1 atom stereocenters. The fourth-order valence-electron chi connectivity index (χ4n) is 3.10. The van der Waals surface area contributed by atoms with Crippen molar-refractivity contribution in [3.63, 3.8) is 0 Å². The molecular weight excluding hydrogens is 388 g/mol. The quantitative estimate of drug-likeness (QED) is 0.604. The normalized spacial score (nSPS) is 21.0. The maximum absolute atomic E-state index is 12.7. The molecule has 8 nitrogen and oxygen atoms in total. The minimum Gasteiger partial charge on any atom is -0.507 e. The van der Waals surface area contributed by atoms with Gasteiger partial charge in [-0.15, -0.1) is 0 Å². The smallest absolute Gasteiger partial charge is 0.342 e. The highest BCUT2D eigenvalue weighted by molar-refractivity contribution is 5.97. The van der Waals surface area contributed by atoms with Crippen molar-refractivity contribution in [3.05, 3.63) is 29.3 Å². The van der Waals surface area contributed by atoms with Crippen LogP contribution in [0.2, 0.25) is 0 Å². The Bertz CT molecular complexity index is 790. The van der Waals surface area contributed by atoms with Crippen LogP contribution < -0.4 is 15.4 Å². The Morgan fingerprint density at radius 2 is 1.77 bits per heavy atom. The summed E-state index contributed by atoms with van der Waals surface area (Å²) < 4.78 is 10.6. The monoisotopic (exact) mass is 418 g/mol. The van der Waals surface area contributed by atoms with Crippen LogP contribution >= 0.6 is 0 Å². The second-order valence-electron chi connectivity index (χ2n) is 7.23. The van der Waals surface area contributed by atoms with Crippen LogP contribution in [0.4, 0.5) is 0 Å². The molecule has 0 unspecified atom stereocenters. The summed E-state index contributed by atoms with van der Waals surface area (Å²) in [6.45, 7) is 2.84. The third-order valence-electron chi connectivity index (χ3n) is 4.73. The summed E-state index contributed by atoms with van der Waals surface area (Å²) in [5.41, 5.74) is 0.407. The molecule has 2 rings (SSSR count). The first-order valence-electron chi connectivity index (χ1n) is 10.2. The van der Waals surface area contributed by atoms with E-state index in [1.807, 2.05) is 0 Å². The van der Waals surface area contributed by atoms with E-state index in [9.17, 15) is 19.5 Å². The number of benzene rings is 1. The largest absolute Gasteiger partial charge is 0.507 e. The molecule has 164 valence electrons.